The third kappa shape index (κ3) is 8.69. The van der Waals surface area contributed by atoms with Gasteiger partial charge in [0.2, 0.25) is 0 Å². The van der Waals surface area contributed by atoms with E-state index in [0.717, 1.165) is 17.1 Å². The number of ether oxygens (including phenoxy) is 4. The standard InChI is InChI=1S/C22H26O2.C22H18O2.2C2H6/c2*1-23-15-24-21-13-7-6-12-20(21)22-18-10-4-2-8-16(18)14-17-9-3-5-11-19(17)22;2*1-2/h6-7,12-14H,2-5,8-11,15H2,1H3;2-14H,15H2,1H3;2*1-2H3. The SMILES string of the molecule is CC.CC.COCOc1ccccc1-c1c2c(cc3c1CCCC3)CCCC2.COCOc1ccccc1-c1c2ccccc2cc2ccccc12. The van der Waals surface area contributed by atoms with E-state index < -0.39 is 0 Å². The molecule has 0 heterocycles. The van der Waals surface area contributed by atoms with Crippen LogP contribution in [-0.2, 0) is 35.2 Å². The number of benzene rings is 6. The molecule has 0 saturated carbocycles. The van der Waals surface area contributed by atoms with Gasteiger partial charge in [-0.05, 0) is 119 Å². The lowest BCUT2D eigenvalue weighted by Gasteiger charge is -2.28. The summed E-state index contributed by atoms with van der Waals surface area (Å²) in [6, 6.07) is 38.4. The fourth-order valence-corrected chi connectivity index (χ4v) is 7.61. The zero-order valence-corrected chi connectivity index (χ0v) is 32.1. The van der Waals surface area contributed by atoms with Crippen molar-refractivity contribution < 1.29 is 18.9 Å². The molecule has 8 rings (SSSR count). The van der Waals surface area contributed by atoms with Crippen LogP contribution in [0.15, 0.2) is 109 Å². The molecule has 0 spiro atoms. The number of hydrogen-bond donors (Lipinski definition) is 0. The molecular weight excluding hydrogens is 641 g/mol. The van der Waals surface area contributed by atoms with Crippen molar-refractivity contribution in [2.24, 2.45) is 0 Å². The van der Waals surface area contributed by atoms with Gasteiger partial charge in [0.05, 0.1) is 0 Å². The van der Waals surface area contributed by atoms with Crippen molar-refractivity contribution in [3.05, 3.63) is 131 Å². The van der Waals surface area contributed by atoms with Crippen LogP contribution in [0.25, 0.3) is 43.8 Å². The van der Waals surface area contributed by atoms with Gasteiger partial charge >= 0.3 is 0 Å². The maximum atomic E-state index is 5.90. The molecule has 0 bridgehead atoms. The van der Waals surface area contributed by atoms with E-state index in [2.05, 4.69) is 91.0 Å². The summed E-state index contributed by atoms with van der Waals surface area (Å²) >= 11 is 0. The average Bonchev–Trinajstić information content (AvgIpc) is 3.22. The fraction of sp³-hybridized carbons (Fsp3) is 0.333. The van der Waals surface area contributed by atoms with Crippen molar-refractivity contribution in [2.45, 2.75) is 79.1 Å². The molecule has 0 atom stereocenters. The highest BCUT2D eigenvalue weighted by atomic mass is 16.7. The largest absolute Gasteiger partial charge is 0.467 e. The Bertz CT molecular complexity index is 1940. The summed E-state index contributed by atoms with van der Waals surface area (Å²) in [5.41, 5.74) is 11.3. The van der Waals surface area contributed by atoms with Crippen molar-refractivity contribution in [3.63, 3.8) is 0 Å². The highest BCUT2D eigenvalue weighted by molar-refractivity contribution is 6.13. The predicted octanol–water partition coefficient (Wildman–Crippen LogP) is 12.8. The molecule has 52 heavy (non-hydrogen) atoms. The Morgan fingerprint density at radius 3 is 1.33 bits per heavy atom. The van der Waals surface area contributed by atoms with E-state index in [4.69, 9.17) is 18.9 Å². The summed E-state index contributed by atoms with van der Waals surface area (Å²) in [6.45, 7) is 8.54. The molecule has 0 fully saturated rings. The quantitative estimate of drug-likeness (QED) is 0.117. The first-order valence-corrected chi connectivity index (χ1v) is 19.3. The van der Waals surface area contributed by atoms with Gasteiger partial charge in [0, 0.05) is 30.9 Å². The van der Waals surface area contributed by atoms with E-state index in [1.165, 1.54) is 89.6 Å². The molecule has 0 radical (unpaired) electrons. The summed E-state index contributed by atoms with van der Waals surface area (Å²) in [5, 5.41) is 4.91. The van der Waals surface area contributed by atoms with Crippen LogP contribution < -0.4 is 9.47 Å². The van der Waals surface area contributed by atoms with E-state index in [1.54, 1.807) is 36.5 Å². The van der Waals surface area contributed by atoms with Crippen LogP contribution in [0.2, 0.25) is 0 Å². The molecule has 0 amide bonds. The molecule has 6 aromatic rings. The van der Waals surface area contributed by atoms with E-state index in [1.807, 2.05) is 45.9 Å². The Morgan fingerprint density at radius 2 is 0.846 bits per heavy atom. The number of hydrogen-bond acceptors (Lipinski definition) is 4. The summed E-state index contributed by atoms with van der Waals surface area (Å²) in [7, 11) is 3.31. The third-order valence-electron chi connectivity index (χ3n) is 9.72. The van der Waals surface area contributed by atoms with Gasteiger partial charge in [-0.2, -0.15) is 0 Å². The Kier molecular flexibility index (Phi) is 14.7. The maximum Gasteiger partial charge on any atom is 0.188 e. The van der Waals surface area contributed by atoms with E-state index in [0.29, 0.717) is 6.79 Å². The second kappa shape index (κ2) is 19.8. The molecule has 4 nitrogen and oxygen atoms in total. The van der Waals surface area contributed by atoms with Crippen molar-refractivity contribution in [1.29, 1.82) is 0 Å². The van der Waals surface area contributed by atoms with Crippen LogP contribution in [0.4, 0.5) is 0 Å². The lowest BCUT2D eigenvalue weighted by Crippen LogP contribution is -2.13. The summed E-state index contributed by atoms with van der Waals surface area (Å²) < 4.78 is 21.9. The van der Waals surface area contributed by atoms with Crippen molar-refractivity contribution >= 4 is 21.5 Å². The van der Waals surface area contributed by atoms with Crippen LogP contribution in [-0.4, -0.2) is 27.8 Å². The first kappa shape index (κ1) is 38.6. The predicted molar refractivity (Wildman–Crippen MR) is 220 cm³/mol. The fourth-order valence-electron chi connectivity index (χ4n) is 7.61. The van der Waals surface area contributed by atoms with Gasteiger partial charge < -0.3 is 18.9 Å². The zero-order valence-electron chi connectivity index (χ0n) is 32.1. The average molecular weight is 697 g/mol. The van der Waals surface area contributed by atoms with Gasteiger partial charge in [-0.1, -0.05) is 119 Å². The second-order valence-electron chi connectivity index (χ2n) is 12.7. The number of para-hydroxylation sites is 2. The topological polar surface area (TPSA) is 36.9 Å². The number of aryl methyl sites for hydroxylation is 2. The van der Waals surface area contributed by atoms with Crippen LogP contribution in [0.5, 0.6) is 11.5 Å². The molecule has 0 unspecified atom stereocenters. The molecule has 2 aliphatic carbocycles. The minimum Gasteiger partial charge on any atom is -0.467 e. The molecular formula is C48H56O4. The van der Waals surface area contributed by atoms with Gasteiger partial charge in [0.15, 0.2) is 13.6 Å². The van der Waals surface area contributed by atoms with E-state index in [9.17, 15) is 0 Å². The van der Waals surface area contributed by atoms with Gasteiger partial charge in [-0.15, -0.1) is 0 Å². The molecule has 0 aliphatic heterocycles. The Morgan fingerprint density at radius 1 is 0.442 bits per heavy atom. The molecule has 272 valence electrons. The molecule has 0 aromatic heterocycles. The summed E-state index contributed by atoms with van der Waals surface area (Å²) in [5.74, 6) is 1.78. The van der Waals surface area contributed by atoms with Gasteiger partial charge in [-0.3, -0.25) is 0 Å². The summed E-state index contributed by atoms with van der Waals surface area (Å²) in [6.07, 6.45) is 10.1. The first-order chi connectivity index (χ1) is 25.8. The highest BCUT2D eigenvalue weighted by Gasteiger charge is 2.24. The van der Waals surface area contributed by atoms with Crippen LogP contribution in [0.3, 0.4) is 0 Å². The molecule has 0 N–H and O–H groups in total. The third-order valence-corrected chi connectivity index (χ3v) is 9.72. The molecule has 0 saturated heterocycles. The highest BCUT2D eigenvalue weighted by Crippen LogP contribution is 2.43. The number of fused-ring (bicyclic) bond motifs is 4. The van der Waals surface area contributed by atoms with Crippen molar-refractivity contribution in [3.8, 4) is 33.8 Å². The van der Waals surface area contributed by atoms with Gasteiger partial charge in [0.1, 0.15) is 11.5 Å². The second-order valence-corrected chi connectivity index (χ2v) is 12.7. The van der Waals surface area contributed by atoms with Crippen LogP contribution in [0, 0.1) is 0 Å². The van der Waals surface area contributed by atoms with E-state index in [-0.39, 0.29) is 6.79 Å². The monoisotopic (exact) mass is 696 g/mol. The van der Waals surface area contributed by atoms with Gasteiger partial charge in [-0.25, -0.2) is 0 Å². The normalized spacial score (nSPS) is 12.9. The first-order valence-electron chi connectivity index (χ1n) is 19.3. The number of rotatable bonds is 8. The Balaban J connectivity index is 0.000000184. The minimum atomic E-state index is 0.236. The lowest BCUT2D eigenvalue weighted by molar-refractivity contribution is 0.0514. The van der Waals surface area contributed by atoms with Crippen LogP contribution in [0.1, 0.15) is 75.6 Å². The minimum absolute atomic E-state index is 0.236. The maximum absolute atomic E-state index is 5.90. The lowest BCUT2D eigenvalue weighted by atomic mass is 9.77. The van der Waals surface area contributed by atoms with Crippen LogP contribution >= 0.6 is 0 Å². The molecule has 6 aromatic carbocycles. The molecule has 2 aliphatic rings. The summed E-state index contributed by atoms with van der Waals surface area (Å²) in [4.78, 5) is 0. The van der Waals surface area contributed by atoms with Gasteiger partial charge in [0.25, 0.3) is 0 Å². The van der Waals surface area contributed by atoms with E-state index >= 15 is 0 Å². The van der Waals surface area contributed by atoms with Crippen molar-refractivity contribution in [1.82, 2.24) is 0 Å². The smallest absolute Gasteiger partial charge is 0.188 e. The Labute approximate surface area is 311 Å². The Hall–Kier alpha value is -4.64. The molecule has 4 heteroatoms. The zero-order chi connectivity index (χ0) is 36.7. The van der Waals surface area contributed by atoms with Crippen molar-refractivity contribution in [2.75, 3.05) is 27.8 Å². The number of methoxy groups -OCH3 is 2.